The third-order valence-corrected chi connectivity index (χ3v) is 6.77. The molecule has 37 heavy (non-hydrogen) atoms. The molecule has 5 aromatic rings. The molecular weight excluding hydrogens is 473 g/mol. The number of carbonyl (C=O) groups excluding carboxylic acids is 1. The third-order valence-electron chi connectivity index (χ3n) is 6.77. The van der Waals surface area contributed by atoms with E-state index in [9.17, 15) is 14.3 Å². The van der Waals surface area contributed by atoms with Gasteiger partial charge in [0.1, 0.15) is 22.7 Å². The zero-order chi connectivity index (χ0) is 25.9. The minimum atomic E-state index is -1.34. The highest BCUT2D eigenvalue weighted by Crippen LogP contribution is 2.45. The number of halogens is 1. The molecular formula is C27H22FN7O2. The molecule has 1 amide bonds. The average Bonchev–Trinajstić information content (AvgIpc) is 3.44. The fraction of sp³-hybridized carbons (Fsp3) is 0.148. The van der Waals surface area contributed by atoms with Crippen LogP contribution in [0.25, 0.3) is 17.2 Å². The Kier molecular flexibility index (Phi) is 4.94. The summed E-state index contributed by atoms with van der Waals surface area (Å²) in [5, 5.41) is 12.4. The van der Waals surface area contributed by atoms with Crippen LogP contribution in [0.4, 0.5) is 16.0 Å². The van der Waals surface area contributed by atoms with Crippen LogP contribution >= 0.6 is 0 Å². The van der Waals surface area contributed by atoms with Gasteiger partial charge in [-0.25, -0.2) is 24.3 Å². The second kappa shape index (κ2) is 8.09. The van der Waals surface area contributed by atoms with Crippen LogP contribution in [-0.2, 0) is 16.6 Å². The number of nitrogens with zero attached hydrogens (tertiary/aromatic N) is 5. The molecule has 1 aliphatic heterocycles. The Bertz CT molecular complexity index is 1730. The highest BCUT2D eigenvalue weighted by molar-refractivity contribution is 6.09. The Morgan fingerprint density at radius 1 is 1.16 bits per heavy atom. The van der Waals surface area contributed by atoms with Crippen LogP contribution in [0.15, 0.2) is 61.1 Å². The number of nitrogens with one attached hydrogen (secondary N) is 1. The molecule has 0 fully saturated rings. The van der Waals surface area contributed by atoms with E-state index in [1.165, 1.54) is 12.1 Å². The van der Waals surface area contributed by atoms with Gasteiger partial charge in [-0.1, -0.05) is 35.9 Å². The summed E-state index contributed by atoms with van der Waals surface area (Å²) in [6, 6.07) is 12.0. The first-order chi connectivity index (χ1) is 17.7. The summed E-state index contributed by atoms with van der Waals surface area (Å²) < 4.78 is 16.0. The normalized spacial score (nSPS) is 16.7. The van der Waals surface area contributed by atoms with Crippen LogP contribution < -0.4 is 11.1 Å². The van der Waals surface area contributed by atoms with Crippen molar-refractivity contribution in [2.75, 3.05) is 11.1 Å². The number of aryl methyl sites for hydroxylation is 1. The quantitative estimate of drug-likeness (QED) is 0.346. The summed E-state index contributed by atoms with van der Waals surface area (Å²) in [5.74, 6) is -1.23. The SMILES string of the molecule is Cc1cccc(Cc2nc(-c3nc(N)c4c(n3)NC(=O)[C@@]4(C)c3ccc(O)c(F)c3)cn3ccnc23)c1. The highest BCUT2D eigenvalue weighted by Gasteiger charge is 2.48. The predicted octanol–water partition coefficient (Wildman–Crippen LogP) is 3.77. The Balaban J connectivity index is 1.46. The molecule has 10 heteroatoms. The van der Waals surface area contributed by atoms with E-state index in [2.05, 4.69) is 26.3 Å². The standard InChI is InChI=1S/C27H22FN7O2/c1-14-4-3-5-15(10-14)11-18-25-30-8-9-35(25)13-19(31-18)23-32-22(29)21-24(33-23)34-26(37)27(21,2)16-6-7-20(36)17(28)12-16/h3-10,12-13,36H,11H2,1-2H3,(H3,29,32,33,34,37)/t27-/m0/s1. The van der Waals surface area contributed by atoms with Crippen LogP contribution in [0.2, 0.25) is 0 Å². The molecule has 2 aromatic carbocycles. The second-order valence-electron chi connectivity index (χ2n) is 9.30. The minimum Gasteiger partial charge on any atom is -0.505 e. The van der Waals surface area contributed by atoms with E-state index < -0.39 is 22.9 Å². The molecule has 0 saturated carbocycles. The number of aromatic nitrogens is 5. The maximum atomic E-state index is 14.1. The van der Waals surface area contributed by atoms with Gasteiger partial charge in [0.15, 0.2) is 23.0 Å². The summed E-state index contributed by atoms with van der Waals surface area (Å²) in [4.78, 5) is 31.5. The van der Waals surface area contributed by atoms with Gasteiger partial charge in [-0.2, -0.15) is 0 Å². The van der Waals surface area contributed by atoms with Crippen molar-refractivity contribution >= 4 is 23.2 Å². The number of benzene rings is 2. The maximum absolute atomic E-state index is 14.1. The number of fused-ring (bicyclic) bond motifs is 2. The molecule has 0 bridgehead atoms. The lowest BCUT2D eigenvalue weighted by atomic mass is 9.77. The number of hydrogen-bond acceptors (Lipinski definition) is 7. The molecule has 0 radical (unpaired) electrons. The number of hydrogen-bond donors (Lipinski definition) is 3. The number of carbonyl (C=O) groups is 1. The molecule has 6 rings (SSSR count). The van der Waals surface area contributed by atoms with Crippen LogP contribution in [0.1, 0.15) is 34.9 Å². The zero-order valence-corrected chi connectivity index (χ0v) is 20.0. The van der Waals surface area contributed by atoms with Crippen molar-refractivity contribution in [3.05, 3.63) is 94.8 Å². The number of imidazole rings is 1. The maximum Gasteiger partial charge on any atom is 0.240 e. The first-order valence-electron chi connectivity index (χ1n) is 11.6. The summed E-state index contributed by atoms with van der Waals surface area (Å²) in [6.45, 7) is 3.66. The van der Waals surface area contributed by atoms with Gasteiger partial charge in [0.2, 0.25) is 5.91 Å². The fourth-order valence-electron chi connectivity index (χ4n) is 4.85. The zero-order valence-electron chi connectivity index (χ0n) is 20.0. The second-order valence-corrected chi connectivity index (χ2v) is 9.30. The van der Waals surface area contributed by atoms with E-state index in [4.69, 9.17) is 10.7 Å². The molecule has 1 aliphatic rings. The monoisotopic (exact) mass is 495 g/mol. The lowest BCUT2D eigenvalue weighted by Crippen LogP contribution is -2.33. The Hall–Kier alpha value is -4.86. The van der Waals surface area contributed by atoms with E-state index in [1.54, 1.807) is 19.3 Å². The molecule has 4 N–H and O–H groups in total. The van der Waals surface area contributed by atoms with E-state index in [-0.39, 0.29) is 17.5 Å². The summed E-state index contributed by atoms with van der Waals surface area (Å²) in [6.07, 6.45) is 5.82. The largest absolute Gasteiger partial charge is 0.505 e. The number of phenolic OH excluding ortho intramolecular Hbond substituents is 1. The molecule has 0 aliphatic carbocycles. The van der Waals surface area contributed by atoms with Crippen LogP contribution in [-0.4, -0.2) is 35.4 Å². The fourth-order valence-corrected chi connectivity index (χ4v) is 4.85. The smallest absolute Gasteiger partial charge is 0.240 e. The van der Waals surface area contributed by atoms with Crippen LogP contribution in [0.3, 0.4) is 0 Å². The molecule has 1 atom stereocenters. The van der Waals surface area contributed by atoms with E-state index in [0.29, 0.717) is 23.2 Å². The van der Waals surface area contributed by atoms with Gasteiger partial charge in [-0.05, 0) is 37.1 Å². The molecule has 184 valence electrons. The van der Waals surface area contributed by atoms with Gasteiger partial charge in [0.05, 0.1) is 11.3 Å². The molecule has 3 aromatic heterocycles. The van der Waals surface area contributed by atoms with Crippen molar-refractivity contribution in [2.24, 2.45) is 0 Å². The third kappa shape index (κ3) is 3.56. The van der Waals surface area contributed by atoms with Gasteiger partial charge < -0.3 is 20.6 Å². The number of amides is 1. The lowest BCUT2D eigenvalue weighted by Gasteiger charge is -2.23. The first kappa shape index (κ1) is 22.6. The summed E-state index contributed by atoms with van der Waals surface area (Å²) >= 11 is 0. The van der Waals surface area contributed by atoms with Crippen molar-refractivity contribution in [1.82, 2.24) is 24.3 Å². The van der Waals surface area contributed by atoms with Crippen molar-refractivity contribution in [1.29, 1.82) is 0 Å². The minimum absolute atomic E-state index is 0.0714. The average molecular weight is 496 g/mol. The van der Waals surface area contributed by atoms with Crippen molar-refractivity contribution in [2.45, 2.75) is 25.7 Å². The first-order valence-corrected chi connectivity index (χ1v) is 11.6. The van der Waals surface area contributed by atoms with Crippen LogP contribution in [0, 0.1) is 12.7 Å². The molecule has 0 unspecified atom stereocenters. The van der Waals surface area contributed by atoms with E-state index in [0.717, 1.165) is 28.5 Å². The summed E-state index contributed by atoms with van der Waals surface area (Å²) in [7, 11) is 0. The highest BCUT2D eigenvalue weighted by atomic mass is 19.1. The molecule has 4 heterocycles. The number of anilines is 2. The van der Waals surface area contributed by atoms with Crippen molar-refractivity contribution in [3.8, 4) is 17.3 Å². The number of nitrogen functional groups attached to an aromatic ring is 1. The molecule has 9 nitrogen and oxygen atoms in total. The van der Waals surface area contributed by atoms with Crippen LogP contribution in [0.5, 0.6) is 5.75 Å². The van der Waals surface area contributed by atoms with E-state index in [1.807, 2.05) is 35.7 Å². The number of aromatic hydroxyl groups is 1. The number of phenols is 1. The van der Waals surface area contributed by atoms with Crippen molar-refractivity contribution < 1.29 is 14.3 Å². The Morgan fingerprint density at radius 2 is 2.00 bits per heavy atom. The Morgan fingerprint density at radius 3 is 2.78 bits per heavy atom. The van der Waals surface area contributed by atoms with Gasteiger partial charge in [0, 0.05) is 25.0 Å². The van der Waals surface area contributed by atoms with E-state index >= 15 is 0 Å². The van der Waals surface area contributed by atoms with Gasteiger partial charge in [0.25, 0.3) is 0 Å². The lowest BCUT2D eigenvalue weighted by molar-refractivity contribution is -0.119. The number of rotatable bonds is 4. The van der Waals surface area contributed by atoms with Gasteiger partial charge >= 0.3 is 0 Å². The molecule has 0 saturated heterocycles. The summed E-state index contributed by atoms with van der Waals surface area (Å²) in [5.41, 5.74) is 9.87. The predicted molar refractivity (Wildman–Crippen MR) is 136 cm³/mol. The van der Waals surface area contributed by atoms with Gasteiger partial charge in [-0.3, -0.25) is 4.79 Å². The topological polar surface area (TPSA) is 131 Å². The Labute approximate surface area is 210 Å². The number of nitrogens with two attached hydrogens (primary N) is 1. The van der Waals surface area contributed by atoms with Crippen molar-refractivity contribution in [3.63, 3.8) is 0 Å². The molecule has 0 spiro atoms. The van der Waals surface area contributed by atoms with Gasteiger partial charge in [-0.15, -0.1) is 0 Å².